The lowest BCUT2D eigenvalue weighted by Crippen LogP contribution is -2.49. The lowest BCUT2D eigenvalue weighted by molar-refractivity contribution is 0.149. The minimum absolute atomic E-state index is 0.0135. The first-order chi connectivity index (χ1) is 13.6. The van der Waals surface area contributed by atoms with E-state index in [2.05, 4.69) is 10.2 Å². The Bertz CT molecular complexity index is 614. The largest absolute Gasteiger partial charge is 0.492 e. The van der Waals surface area contributed by atoms with Crippen molar-refractivity contribution in [2.24, 2.45) is 5.92 Å². The summed E-state index contributed by atoms with van der Waals surface area (Å²) in [5, 5.41) is 3.84. The predicted molar refractivity (Wildman–Crippen MR) is 114 cm³/mol. The van der Waals surface area contributed by atoms with Gasteiger partial charge in [-0.25, -0.2) is 4.79 Å². The van der Waals surface area contributed by atoms with E-state index in [1.807, 2.05) is 25.2 Å². The number of carbonyl (C=O) groups excluding carboxylic acids is 1. The van der Waals surface area contributed by atoms with Gasteiger partial charge in [0, 0.05) is 37.7 Å². The molecule has 0 spiro atoms. The summed E-state index contributed by atoms with van der Waals surface area (Å²) in [7, 11) is 1.81. The van der Waals surface area contributed by atoms with Gasteiger partial charge in [-0.2, -0.15) is 0 Å². The maximum atomic E-state index is 12.4. The summed E-state index contributed by atoms with van der Waals surface area (Å²) in [4.78, 5) is 16.7. The van der Waals surface area contributed by atoms with Crippen molar-refractivity contribution in [1.82, 2.24) is 15.1 Å². The first-order valence-electron chi connectivity index (χ1n) is 10.7. The van der Waals surface area contributed by atoms with Gasteiger partial charge in [0.25, 0.3) is 0 Å². The van der Waals surface area contributed by atoms with Crippen molar-refractivity contribution in [2.45, 2.75) is 51.0 Å². The number of nitrogens with one attached hydrogen (secondary N) is 1. The average Bonchev–Trinajstić information content (AvgIpc) is 2.70. The molecule has 1 heterocycles. The van der Waals surface area contributed by atoms with Crippen LogP contribution in [-0.2, 0) is 0 Å². The van der Waals surface area contributed by atoms with E-state index in [1.54, 1.807) is 11.0 Å². The number of benzene rings is 1. The number of piperidine rings is 1. The minimum Gasteiger partial charge on any atom is -0.492 e. The Balaban J connectivity index is 1.31. The summed E-state index contributed by atoms with van der Waals surface area (Å²) < 4.78 is 5.67. The SMILES string of the molecule is CN(CCOc1cccc(Cl)c1)C(=O)NC1CCN(CC2CCCCC2)CC1. The number of hydrogen-bond acceptors (Lipinski definition) is 3. The number of hydrogen-bond donors (Lipinski definition) is 1. The van der Waals surface area contributed by atoms with E-state index in [4.69, 9.17) is 16.3 Å². The Labute approximate surface area is 174 Å². The average molecular weight is 408 g/mol. The van der Waals surface area contributed by atoms with Gasteiger partial charge < -0.3 is 19.9 Å². The van der Waals surface area contributed by atoms with Gasteiger partial charge in [0.1, 0.15) is 12.4 Å². The zero-order valence-corrected chi connectivity index (χ0v) is 17.8. The smallest absolute Gasteiger partial charge is 0.317 e. The molecule has 1 aromatic rings. The summed E-state index contributed by atoms with van der Waals surface area (Å²) >= 11 is 5.95. The Kier molecular flexibility index (Phi) is 8.28. The summed E-state index contributed by atoms with van der Waals surface area (Å²) in [5.41, 5.74) is 0. The number of rotatable bonds is 7. The normalized spacial score (nSPS) is 19.4. The number of carbonyl (C=O) groups is 1. The molecule has 0 bridgehead atoms. The zero-order chi connectivity index (χ0) is 19.8. The van der Waals surface area contributed by atoms with Gasteiger partial charge in [0.2, 0.25) is 0 Å². The van der Waals surface area contributed by atoms with Gasteiger partial charge in [0.05, 0.1) is 6.54 Å². The summed E-state index contributed by atoms with van der Waals surface area (Å²) in [6, 6.07) is 7.59. The molecule has 0 radical (unpaired) electrons. The standard InChI is InChI=1S/C22H34ClN3O2/c1-25(14-15-28-21-9-5-8-19(23)16-21)22(27)24-20-10-12-26(13-11-20)17-18-6-3-2-4-7-18/h5,8-9,16,18,20H,2-4,6-7,10-15,17H2,1H3,(H,24,27). The zero-order valence-electron chi connectivity index (χ0n) is 17.0. The fourth-order valence-electron chi connectivity index (χ4n) is 4.24. The molecule has 0 atom stereocenters. The number of nitrogens with zero attached hydrogens (tertiary/aromatic N) is 2. The van der Waals surface area contributed by atoms with E-state index >= 15 is 0 Å². The molecule has 0 aromatic heterocycles. The number of ether oxygens (including phenoxy) is 1. The second kappa shape index (κ2) is 10.9. The summed E-state index contributed by atoms with van der Waals surface area (Å²) in [6.45, 7) is 4.44. The second-order valence-electron chi connectivity index (χ2n) is 8.26. The van der Waals surface area contributed by atoms with Crippen LogP contribution in [0.3, 0.4) is 0 Å². The second-order valence-corrected chi connectivity index (χ2v) is 8.69. The molecule has 1 saturated carbocycles. The predicted octanol–water partition coefficient (Wildman–Crippen LogP) is 4.40. The van der Waals surface area contributed by atoms with Crippen molar-refractivity contribution in [1.29, 1.82) is 0 Å². The van der Waals surface area contributed by atoms with E-state index < -0.39 is 0 Å². The first kappa shape index (κ1) is 21.3. The van der Waals surface area contributed by atoms with Gasteiger partial charge >= 0.3 is 6.03 Å². The van der Waals surface area contributed by atoms with E-state index in [0.717, 1.165) is 37.6 Å². The molecule has 1 saturated heterocycles. The molecule has 2 aliphatic rings. The maximum absolute atomic E-state index is 12.4. The van der Waals surface area contributed by atoms with E-state index in [9.17, 15) is 4.79 Å². The number of urea groups is 1. The van der Waals surface area contributed by atoms with Crippen molar-refractivity contribution in [3.63, 3.8) is 0 Å². The lowest BCUT2D eigenvalue weighted by atomic mass is 9.88. The number of amides is 2. The van der Waals surface area contributed by atoms with Crippen molar-refractivity contribution in [3.8, 4) is 5.75 Å². The molecule has 156 valence electrons. The van der Waals surface area contributed by atoms with E-state index in [0.29, 0.717) is 18.2 Å². The third-order valence-electron chi connectivity index (χ3n) is 5.99. The van der Waals surface area contributed by atoms with Crippen LogP contribution >= 0.6 is 11.6 Å². The highest BCUT2D eigenvalue weighted by Gasteiger charge is 2.24. The van der Waals surface area contributed by atoms with Gasteiger partial charge in [-0.1, -0.05) is 36.9 Å². The molecule has 28 heavy (non-hydrogen) atoms. The van der Waals surface area contributed by atoms with Crippen LogP contribution in [0.2, 0.25) is 5.02 Å². The van der Waals surface area contributed by atoms with Crippen LogP contribution in [0.25, 0.3) is 0 Å². The van der Waals surface area contributed by atoms with E-state index in [-0.39, 0.29) is 12.1 Å². The first-order valence-corrected chi connectivity index (χ1v) is 11.1. The molecular formula is C22H34ClN3O2. The highest BCUT2D eigenvalue weighted by Crippen LogP contribution is 2.25. The Morgan fingerprint density at radius 2 is 1.96 bits per heavy atom. The van der Waals surface area contributed by atoms with Gasteiger partial charge in [-0.05, 0) is 49.8 Å². The Morgan fingerprint density at radius 1 is 1.21 bits per heavy atom. The molecule has 1 aliphatic heterocycles. The Morgan fingerprint density at radius 3 is 2.68 bits per heavy atom. The molecule has 1 N–H and O–H groups in total. The minimum atomic E-state index is -0.0135. The van der Waals surface area contributed by atoms with Crippen LogP contribution < -0.4 is 10.1 Å². The van der Waals surface area contributed by atoms with Gasteiger partial charge in [0.15, 0.2) is 0 Å². The van der Waals surface area contributed by atoms with Gasteiger partial charge in [-0.15, -0.1) is 0 Å². The number of likely N-dealkylation sites (N-methyl/N-ethyl adjacent to an activating group) is 1. The topological polar surface area (TPSA) is 44.8 Å². The quantitative estimate of drug-likeness (QED) is 0.728. The summed E-state index contributed by atoms with van der Waals surface area (Å²) in [6.07, 6.45) is 9.13. The fourth-order valence-corrected chi connectivity index (χ4v) is 4.42. The molecule has 1 aliphatic carbocycles. The highest BCUT2D eigenvalue weighted by molar-refractivity contribution is 6.30. The Hall–Kier alpha value is -1.46. The van der Waals surface area contributed by atoms with Crippen LogP contribution in [-0.4, -0.2) is 61.7 Å². The molecule has 6 heteroatoms. The van der Waals surface area contributed by atoms with E-state index in [1.165, 1.54) is 38.6 Å². The molecule has 2 amide bonds. The highest BCUT2D eigenvalue weighted by atomic mass is 35.5. The van der Waals surface area contributed by atoms with Crippen molar-refractivity contribution >= 4 is 17.6 Å². The summed E-state index contributed by atoms with van der Waals surface area (Å²) in [5.74, 6) is 1.62. The third kappa shape index (κ3) is 6.85. The monoisotopic (exact) mass is 407 g/mol. The lowest BCUT2D eigenvalue weighted by Gasteiger charge is -2.36. The van der Waals surface area contributed by atoms with Crippen LogP contribution in [0, 0.1) is 5.92 Å². The maximum Gasteiger partial charge on any atom is 0.317 e. The van der Waals surface area contributed by atoms with Crippen LogP contribution in [0.15, 0.2) is 24.3 Å². The van der Waals surface area contributed by atoms with Gasteiger partial charge in [-0.3, -0.25) is 0 Å². The molecule has 3 rings (SSSR count). The molecule has 5 nitrogen and oxygen atoms in total. The fraction of sp³-hybridized carbons (Fsp3) is 0.682. The molecule has 0 unspecified atom stereocenters. The van der Waals surface area contributed by atoms with Crippen LogP contribution in [0.5, 0.6) is 5.75 Å². The van der Waals surface area contributed by atoms with Crippen molar-refractivity contribution in [2.75, 3.05) is 39.8 Å². The van der Waals surface area contributed by atoms with Crippen molar-refractivity contribution in [3.05, 3.63) is 29.3 Å². The van der Waals surface area contributed by atoms with Crippen LogP contribution in [0.4, 0.5) is 4.79 Å². The third-order valence-corrected chi connectivity index (χ3v) is 6.23. The number of halogens is 1. The van der Waals surface area contributed by atoms with Crippen molar-refractivity contribution < 1.29 is 9.53 Å². The van der Waals surface area contributed by atoms with Crippen LogP contribution in [0.1, 0.15) is 44.9 Å². The number of likely N-dealkylation sites (tertiary alicyclic amines) is 1. The molecular weight excluding hydrogens is 374 g/mol. The molecule has 1 aromatic carbocycles. The molecule has 2 fully saturated rings.